The summed E-state index contributed by atoms with van der Waals surface area (Å²) in [6, 6.07) is 10.7. The van der Waals surface area contributed by atoms with Gasteiger partial charge in [-0.25, -0.2) is 0 Å². The predicted molar refractivity (Wildman–Crippen MR) is 73.4 cm³/mol. The van der Waals surface area contributed by atoms with Gasteiger partial charge in [0.15, 0.2) is 0 Å². The predicted octanol–water partition coefficient (Wildman–Crippen LogP) is 1.88. The van der Waals surface area contributed by atoms with E-state index < -0.39 is 0 Å². The molecule has 0 saturated carbocycles. The molecule has 2 rings (SSSR count). The lowest BCUT2D eigenvalue weighted by molar-refractivity contribution is -0.123. The van der Waals surface area contributed by atoms with Crippen LogP contribution in [0.4, 0.5) is 0 Å². The Kier molecular flexibility index (Phi) is 4.76. The molecule has 0 aromatic heterocycles. The van der Waals surface area contributed by atoms with Crippen molar-refractivity contribution in [2.45, 2.75) is 44.7 Å². The zero-order valence-corrected chi connectivity index (χ0v) is 11.0. The monoisotopic (exact) mass is 246 g/mol. The van der Waals surface area contributed by atoms with E-state index in [9.17, 15) is 4.79 Å². The molecule has 1 aliphatic rings. The van der Waals surface area contributed by atoms with E-state index in [1.165, 1.54) is 5.56 Å². The SMILES string of the molecule is CC(CCc1ccccc1)NC(=O)[C@@H]1CCCN1. The molecule has 0 bridgehead atoms. The minimum atomic E-state index is 0.0316. The van der Waals surface area contributed by atoms with Crippen LogP contribution in [0, 0.1) is 0 Å². The van der Waals surface area contributed by atoms with Gasteiger partial charge in [-0.15, -0.1) is 0 Å². The molecule has 1 saturated heterocycles. The number of amides is 1. The fourth-order valence-electron chi connectivity index (χ4n) is 2.35. The van der Waals surface area contributed by atoms with Gasteiger partial charge in [-0.3, -0.25) is 4.79 Å². The second-order valence-electron chi connectivity index (χ2n) is 5.08. The van der Waals surface area contributed by atoms with Gasteiger partial charge in [0.05, 0.1) is 6.04 Å². The van der Waals surface area contributed by atoms with Gasteiger partial charge in [0.2, 0.25) is 5.91 Å². The van der Waals surface area contributed by atoms with E-state index in [4.69, 9.17) is 0 Å². The first-order valence-electron chi connectivity index (χ1n) is 6.83. The van der Waals surface area contributed by atoms with Crippen molar-refractivity contribution in [3.8, 4) is 0 Å². The summed E-state index contributed by atoms with van der Waals surface area (Å²) in [5, 5.41) is 6.31. The quantitative estimate of drug-likeness (QED) is 0.833. The van der Waals surface area contributed by atoms with E-state index >= 15 is 0 Å². The number of rotatable bonds is 5. The molecule has 3 heteroatoms. The number of aryl methyl sites for hydroxylation is 1. The summed E-state index contributed by atoms with van der Waals surface area (Å²) in [6.07, 6.45) is 4.08. The van der Waals surface area contributed by atoms with Crippen LogP contribution in [0.5, 0.6) is 0 Å². The van der Waals surface area contributed by atoms with Crippen molar-refractivity contribution in [1.29, 1.82) is 0 Å². The number of carbonyl (C=O) groups is 1. The molecule has 0 spiro atoms. The van der Waals surface area contributed by atoms with Gasteiger partial charge < -0.3 is 10.6 Å². The minimum absolute atomic E-state index is 0.0316. The Bertz CT molecular complexity index is 371. The number of hydrogen-bond acceptors (Lipinski definition) is 2. The summed E-state index contributed by atoms with van der Waals surface area (Å²) in [7, 11) is 0. The van der Waals surface area contributed by atoms with Crippen LogP contribution in [0.3, 0.4) is 0 Å². The Labute approximate surface area is 109 Å². The van der Waals surface area contributed by atoms with Gasteiger partial charge in [0.25, 0.3) is 0 Å². The van der Waals surface area contributed by atoms with Crippen LogP contribution < -0.4 is 10.6 Å². The van der Waals surface area contributed by atoms with Gasteiger partial charge in [0.1, 0.15) is 0 Å². The highest BCUT2D eigenvalue weighted by molar-refractivity contribution is 5.82. The lowest BCUT2D eigenvalue weighted by atomic mass is 10.1. The number of carbonyl (C=O) groups excluding carboxylic acids is 1. The lowest BCUT2D eigenvalue weighted by Crippen LogP contribution is -2.44. The van der Waals surface area contributed by atoms with E-state index in [1.807, 2.05) is 6.07 Å². The van der Waals surface area contributed by atoms with E-state index in [-0.39, 0.29) is 18.0 Å². The van der Waals surface area contributed by atoms with Crippen molar-refractivity contribution in [3.63, 3.8) is 0 Å². The summed E-state index contributed by atoms with van der Waals surface area (Å²) >= 11 is 0. The molecule has 1 aliphatic heterocycles. The molecule has 18 heavy (non-hydrogen) atoms. The summed E-state index contributed by atoms with van der Waals surface area (Å²) < 4.78 is 0. The molecule has 2 atom stereocenters. The van der Waals surface area contributed by atoms with Crippen LogP contribution >= 0.6 is 0 Å². The summed E-state index contributed by atoms with van der Waals surface area (Å²) in [5.74, 6) is 0.160. The highest BCUT2D eigenvalue weighted by Gasteiger charge is 2.22. The standard InChI is InChI=1S/C15H22N2O/c1-12(9-10-13-6-3-2-4-7-13)17-15(18)14-8-5-11-16-14/h2-4,6-7,12,14,16H,5,8-11H2,1H3,(H,17,18)/t12?,14-/m0/s1. The normalized spacial score (nSPS) is 20.6. The summed E-state index contributed by atoms with van der Waals surface area (Å²) in [6.45, 7) is 3.05. The largest absolute Gasteiger partial charge is 0.352 e. The van der Waals surface area contributed by atoms with Crippen molar-refractivity contribution in [2.24, 2.45) is 0 Å². The molecule has 0 radical (unpaired) electrons. The highest BCUT2D eigenvalue weighted by atomic mass is 16.2. The topological polar surface area (TPSA) is 41.1 Å². The zero-order chi connectivity index (χ0) is 12.8. The summed E-state index contributed by atoms with van der Waals surface area (Å²) in [5.41, 5.74) is 1.33. The highest BCUT2D eigenvalue weighted by Crippen LogP contribution is 2.07. The second-order valence-corrected chi connectivity index (χ2v) is 5.08. The molecule has 1 unspecified atom stereocenters. The van der Waals surface area contributed by atoms with Crippen LogP contribution in [0.1, 0.15) is 31.7 Å². The van der Waals surface area contributed by atoms with Gasteiger partial charge >= 0.3 is 0 Å². The second kappa shape index (κ2) is 6.55. The first kappa shape index (κ1) is 13.1. The minimum Gasteiger partial charge on any atom is -0.352 e. The fourth-order valence-corrected chi connectivity index (χ4v) is 2.35. The van der Waals surface area contributed by atoms with Crippen LogP contribution in [0.25, 0.3) is 0 Å². The molecular weight excluding hydrogens is 224 g/mol. The van der Waals surface area contributed by atoms with Gasteiger partial charge in [-0.05, 0) is 44.7 Å². The number of nitrogens with one attached hydrogen (secondary N) is 2. The fraction of sp³-hybridized carbons (Fsp3) is 0.533. The van der Waals surface area contributed by atoms with Crippen LogP contribution in [0.2, 0.25) is 0 Å². The van der Waals surface area contributed by atoms with Crippen molar-refractivity contribution >= 4 is 5.91 Å². The van der Waals surface area contributed by atoms with Crippen molar-refractivity contribution in [1.82, 2.24) is 10.6 Å². The first-order valence-corrected chi connectivity index (χ1v) is 6.83. The lowest BCUT2D eigenvalue weighted by Gasteiger charge is -2.17. The van der Waals surface area contributed by atoms with Gasteiger partial charge in [0, 0.05) is 6.04 Å². The average molecular weight is 246 g/mol. The van der Waals surface area contributed by atoms with E-state index in [0.717, 1.165) is 32.2 Å². The third kappa shape index (κ3) is 3.84. The smallest absolute Gasteiger partial charge is 0.237 e. The third-order valence-electron chi connectivity index (χ3n) is 3.47. The van der Waals surface area contributed by atoms with Crippen molar-refractivity contribution in [2.75, 3.05) is 6.54 Å². The molecule has 1 amide bonds. The Morgan fingerprint density at radius 1 is 1.44 bits per heavy atom. The Hall–Kier alpha value is -1.35. The molecule has 2 N–H and O–H groups in total. The molecule has 98 valence electrons. The van der Waals surface area contributed by atoms with Crippen LogP contribution in [-0.4, -0.2) is 24.5 Å². The van der Waals surface area contributed by atoms with Gasteiger partial charge in [-0.1, -0.05) is 30.3 Å². The Morgan fingerprint density at radius 3 is 2.89 bits per heavy atom. The molecular formula is C15H22N2O. The Morgan fingerprint density at radius 2 is 2.22 bits per heavy atom. The van der Waals surface area contributed by atoms with E-state index in [2.05, 4.69) is 41.8 Å². The van der Waals surface area contributed by atoms with Crippen molar-refractivity contribution in [3.05, 3.63) is 35.9 Å². The third-order valence-corrected chi connectivity index (χ3v) is 3.47. The van der Waals surface area contributed by atoms with E-state index in [1.54, 1.807) is 0 Å². The van der Waals surface area contributed by atoms with Crippen LogP contribution in [0.15, 0.2) is 30.3 Å². The molecule has 1 heterocycles. The average Bonchev–Trinajstić information content (AvgIpc) is 2.91. The maximum Gasteiger partial charge on any atom is 0.237 e. The molecule has 1 fully saturated rings. The molecule has 1 aromatic rings. The number of benzene rings is 1. The van der Waals surface area contributed by atoms with Gasteiger partial charge in [-0.2, -0.15) is 0 Å². The number of hydrogen-bond donors (Lipinski definition) is 2. The molecule has 3 nitrogen and oxygen atoms in total. The molecule has 1 aromatic carbocycles. The van der Waals surface area contributed by atoms with E-state index in [0.29, 0.717) is 0 Å². The zero-order valence-electron chi connectivity index (χ0n) is 11.0. The maximum absolute atomic E-state index is 11.9. The Balaban J connectivity index is 1.71. The summed E-state index contributed by atoms with van der Waals surface area (Å²) in [4.78, 5) is 11.9. The van der Waals surface area contributed by atoms with Crippen LogP contribution in [-0.2, 0) is 11.2 Å². The molecule has 0 aliphatic carbocycles. The first-order chi connectivity index (χ1) is 8.75. The van der Waals surface area contributed by atoms with Crippen molar-refractivity contribution < 1.29 is 4.79 Å². The maximum atomic E-state index is 11.9.